The van der Waals surface area contributed by atoms with E-state index in [1.54, 1.807) is 39.3 Å². The number of carbonyl (C=O) groups is 3. The van der Waals surface area contributed by atoms with Crippen LogP contribution >= 0.6 is 11.6 Å². The van der Waals surface area contributed by atoms with E-state index in [1.807, 2.05) is 13.0 Å². The molecule has 2 saturated carbocycles. The molecular formula is C34H40ClN7O7S. The van der Waals surface area contributed by atoms with E-state index in [0.717, 1.165) is 10.3 Å². The highest BCUT2D eigenvalue weighted by Gasteiger charge is 2.68. The summed E-state index contributed by atoms with van der Waals surface area (Å²) >= 11 is 6.31. The normalized spacial score (nSPS) is 23.6. The van der Waals surface area contributed by atoms with Crippen molar-refractivity contribution in [3.63, 3.8) is 0 Å². The zero-order valence-corrected chi connectivity index (χ0v) is 29.8. The van der Waals surface area contributed by atoms with E-state index in [0.29, 0.717) is 47.0 Å². The fraction of sp³-hybridized carbons (Fsp3) is 0.471. The quantitative estimate of drug-likeness (QED) is 0.257. The number of imide groups is 1. The predicted molar refractivity (Wildman–Crippen MR) is 186 cm³/mol. The Bertz CT molecular complexity index is 1930. The molecule has 6 rings (SSSR count). The first-order valence-electron chi connectivity index (χ1n) is 16.4. The molecule has 0 bridgehead atoms. The summed E-state index contributed by atoms with van der Waals surface area (Å²) in [5.74, 6) is -1.85. The molecule has 3 fully saturated rings. The average molecular weight is 726 g/mol. The number of aromatic nitrogens is 3. The SMILES string of the molecule is C=C[C@@H]1C[C@@]1(C(=O)NS(=O)(=O)C1CC1)N(C(=O)[C@@H](Nc1cncnc1)C(C)C)C(=O)N1C[C@H](Oc2ncc(OC)c3ccc(Cl)cc23)CC1C. The number of amides is 4. The number of pyridine rings is 1. The molecule has 14 nitrogen and oxygen atoms in total. The molecule has 16 heteroatoms. The van der Waals surface area contributed by atoms with Gasteiger partial charge in [-0.25, -0.2) is 33.1 Å². The van der Waals surface area contributed by atoms with Gasteiger partial charge in [0.05, 0.1) is 43.2 Å². The second kappa shape index (κ2) is 13.7. The fourth-order valence-electron chi connectivity index (χ4n) is 6.56. The summed E-state index contributed by atoms with van der Waals surface area (Å²) in [4.78, 5) is 58.5. The molecule has 4 amide bonds. The number of urea groups is 1. The first-order chi connectivity index (χ1) is 23.8. The van der Waals surface area contributed by atoms with Gasteiger partial charge in [0, 0.05) is 34.2 Å². The first kappa shape index (κ1) is 35.3. The summed E-state index contributed by atoms with van der Waals surface area (Å²) in [5.41, 5.74) is -1.39. The maximum Gasteiger partial charge on any atom is 0.328 e. The molecular weight excluding hydrogens is 686 g/mol. The standard InChI is InChI=1S/C34H40ClN7O7S/c1-6-21-13-34(21,32(44)40-50(46,47)25-8-9-25)42(31(43)29(19(2)3)39-23-14-36-18-37-15-23)33(45)41-17-24(11-20(41)4)49-30-27-12-22(35)7-10-26(27)28(48-5)16-38-30/h6-7,10,12,14-16,18-21,24-25,29,39H,1,8-9,11,13,17H2,2-5H3,(H,40,44)/t20?,21-,24-,29+,34-/m1/s1. The Kier molecular flexibility index (Phi) is 9.66. The number of hydrogen-bond donors (Lipinski definition) is 2. The molecule has 1 aromatic carbocycles. The summed E-state index contributed by atoms with van der Waals surface area (Å²) in [7, 11) is -2.46. The lowest BCUT2D eigenvalue weighted by Crippen LogP contribution is -2.63. The molecule has 2 aromatic heterocycles. The lowest BCUT2D eigenvalue weighted by atomic mass is 10.00. The molecule has 5 atom stereocenters. The van der Waals surface area contributed by atoms with Crippen LogP contribution in [0, 0.1) is 11.8 Å². The topological polar surface area (TPSA) is 173 Å². The van der Waals surface area contributed by atoms with Crippen LogP contribution in [-0.4, -0.2) is 93.6 Å². The van der Waals surface area contributed by atoms with E-state index in [2.05, 4.69) is 31.6 Å². The summed E-state index contributed by atoms with van der Waals surface area (Å²) in [6.45, 7) is 9.31. The number of nitrogens with zero attached hydrogens (tertiary/aromatic N) is 5. The van der Waals surface area contributed by atoms with Crippen LogP contribution < -0.4 is 19.5 Å². The minimum atomic E-state index is -4.00. The van der Waals surface area contributed by atoms with Crippen molar-refractivity contribution < 1.29 is 32.3 Å². The number of ether oxygens (including phenoxy) is 2. The highest BCUT2D eigenvalue weighted by molar-refractivity contribution is 7.91. The van der Waals surface area contributed by atoms with Crippen molar-refractivity contribution in [3.05, 3.63) is 60.8 Å². The molecule has 1 aliphatic heterocycles. The van der Waals surface area contributed by atoms with Gasteiger partial charge in [-0.2, -0.15) is 0 Å². The number of nitrogens with one attached hydrogen (secondary N) is 2. The van der Waals surface area contributed by atoms with Crippen molar-refractivity contribution in [2.24, 2.45) is 11.8 Å². The van der Waals surface area contributed by atoms with Gasteiger partial charge in [0.1, 0.15) is 29.8 Å². The minimum Gasteiger partial charge on any atom is -0.494 e. The molecule has 2 aliphatic carbocycles. The van der Waals surface area contributed by atoms with Gasteiger partial charge in [0.25, 0.3) is 11.8 Å². The van der Waals surface area contributed by atoms with Crippen molar-refractivity contribution >= 4 is 55.9 Å². The number of rotatable bonds is 12. The number of methoxy groups -OCH3 is 1. The third-order valence-corrected chi connectivity index (χ3v) is 11.6. The molecule has 1 unspecified atom stereocenters. The molecule has 0 radical (unpaired) electrons. The van der Waals surface area contributed by atoms with Gasteiger partial charge in [0.2, 0.25) is 15.9 Å². The van der Waals surface area contributed by atoms with E-state index in [4.69, 9.17) is 21.1 Å². The Morgan fingerprint density at radius 3 is 2.50 bits per heavy atom. The second-order valence-electron chi connectivity index (χ2n) is 13.4. The zero-order valence-electron chi connectivity index (χ0n) is 28.2. The van der Waals surface area contributed by atoms with E-state index < -0.39 is 62.8 Å². The number of likely N-dealkylation sites (tertiary alicyclic amines) is 1. The Hall–Kier alpha value is -4.50. The Morgan fingerprint density at radius 1 is 1.16 bits per heavy atom. The van der Waals surface area contributed by atoms with Crippen LogP contribution in [0.1, 0.15) is 46.5 Å². The third-order valence-electron chi connectivity index (χ3n) is 9.54. The van der Waals surface area contributed by atoms with Gasteiger partial charge >= 0.3 is 6.03 Å². The summed E-state index contributed by atoms with van der Waals surface area (Å²) in [6.07, 6.45) is 8.07. The monoisotopic (exact) mass is 725 g/mol. The van der Waals surface area contributed by atoms with Crippen LogP contribution in [0.15, 0.2) is 55.8 Å². The number of anilines is 1. The van der Waals surface area contributed by atoms with Gasteiger partial charge in [-0.05, 0) is 50.3 Å². The molecule has 2 N–H and O–H groups in total. The van der Waals surface area contributed by atoms with Crippen molar-refractivity contribution in [2.45, 2.75) is 75.4 Å². The second-order valence-corrected chi connectivity index (χ2v) is 15.8. The van der Waals surface area contributed by atoms with Crippen LogP contribution in [0.5, 0.6) is 11.6 Å². The zero-order chi connectivity index (χ0) is 36.0. The van der Waals surface area contributed by atoms with E-state index in [-0.39, 0.29) is 18.9 Å². The number of halogens is 1. The fourth-order valence-corrected chi connectivity index (χ4v) is 8.09. The third kappa shape index (κ3) is 6.67. The van der Waals surface area contributed by atoms with Gasteiger partial charge < -0.3 is 19.7 Å². The summed E-state index contributed by atoms with van der Waals surface area (Å²) in [5, 5.41) is 4.27. The van der Waals surface area contributed by atoms with E-state index >= 15 is 0 Å². The molecule has 3 aromatic rings. The first-order valence-corrected chi connectivity index (χ1v) is 18.4. The number of carbonyl (C=O) groups excluding carboxylic acids is 3. The van der Waals surface area contributed by atoms with Crippen molar-refractivity contribution in [3.8, 4) is 11.6 Å². The predicted octanol–water partition coefficient (Wildman–Crippen LogP) is 4.17. The Balaban J connectivity index is 1.34. The molecule has 1 saturated heterocycles. The van der Waals surface area contributed by atoms with Crippen LogP contribution in [0.25, 0.3) is 10.8 Å². The van der Waals surface area contributed by atoms with Crippen LogP contribution in [0.2, 0.25) is 5.02 Å². The molecule has 266 valence electrons. The van der Waals surface area contributed by atoms with Crippen molar-refractivity contribution in [1.29, 1.82) is 0 Å². The maximum atomic E-state index is 14.8. The average Bonchev–Trinajstić information content (AvgIpc) is 4.01. The molecule has 50 heavy (non-hydrogen) atoms. The van der Waals surface area contributed by atoms with E-state index in [9.17, 15) is 22.8 Å². The van der Waals surface area contributed by atoms with Crippen LogP contribution in [0.3, 0.4) is 0 Å². The van der Waals surface area contributed by atoms with Crippen molar-refractivity contribution in [1.82, 2.24) is 29.5 Å². The van der Waals surface area contributed by atoms with Gasteiger partial charge in [0.15, 0.2) is 0 Å². The largest absolute Gasteiger partial charge is 0.494 e. The van der Waals surface area contributed by atoms with Gasteiger partial charge in [-0.1, -0.05) is 31.5 Å². The van der Waals surface area contributed by atoms with Crippen LogP contribution in [0.4, 0.5) is 10.5 Å². The highest BCUT2D eigenvalue weighted by Crippen LogP contribution is 2.51. The molecule has 0 spiro atoms. The van der Waals surface area contributed by atoms with Gasteiger partial charge in [-0.3, -0.25) is 14.3 Å². The summed E-state index contributed by atoms with van der Waals surface area (Å²) in [6, 6.07) is 3.08. The molecule has 3 aliphatic rings. The summed E-state index contributed by atoms with van der Waals surface area (Å²) < 4.78 is 40.0. The Morgan fingerprint density at radius 2 is 1.88 bits per heavy atom. The van der Waals surface area contributed by atoms with Crippen molar-refractivity contribution in [2.75, 3.05) is 19.0 Å². The number of fused-ring (bicyclic) bond motifs is 1. The number of benzene rings is 1. The number of sulfonamides is 1. The van der Waals surface area contributed by atoms with Gasteiger partial charge in [-0.15, -0.1) is 6.58 Å². The highest BCUT2D eigenvalue weighted by atomic mass is 35.5. The lowest BCUT2D eigenvalue weighted by Gasteiger charge is -2.37. The lowest BCUT2D eigenvalue weighted by molar-refractivity contribution is -0.140. The van der Waals surface area contributed by atoms with E-state index in [1.165, 1.54) is 29.7 Å². The minimum absolute atomic E-state index is 0.0178. The maximum absolute atomic E-state index is 14.8. The molecule has 3 heterocycles. The van der Waals surface area contributed by atoms with Crippen LogP contribution in [-0.2, 0) is 19.6 Å². The Labute approximate surface area is 295 Å². The smallest absolute Gasteiger partial charge is 0.328 e. The number of hydrogen-bond acceptors (Lipinski definition) is 11.